The topological polar surface area (TPSA) is 64.0 Å². The second kappa shape index (κ2) is 5.27. The summed E-state index contributed by atoms with van der Waals surface area (Å²) in [7, 11) is 0. The number of rotatable bonds is 4. The number of aromatic nitrogens is 2. The third-order valence-electron chi connectivity index (χ3n) is 2.59. The van der Waals surface area contributed by atoms with Crippen LogP contribution in [-0.4, -0.2) is 21.7 Å². The number of para-hydroxylation sites is 1. The lowest BCUT2D eigenvalue weighted by Gasteiger charge is -2.08. The van der Waals surface area contributed by atoms with Gasteiger partial charge in [-0.2, -0.15) is 0 Å². The largest absolute Gasteiger partial charge is 0.324 e. The molecule has 0 unspecified atom stereocenters. The van der Waals surface area contributed by atoms with Crippen LogP contribution >= 0.6 is 0 Å². The van der Waals surface area contributed by atoms with E-state index < -0.39 is 0 Å². The van der Waals surface area contributed by atoms with E-state index in [0.29, 0.717) is 6.29 Å². The first-order valence-corrected chi connectivity index (χ1v) is 5.52. The van der Waals surface area contributed by atoms with Gasteiger partial charge in [0.15, 0.2) is 12.1 Å². The number of aryl methyl sites for hydroxylation is 1. The Labute approximate surface area is 104 Å². The maximum Gasteiger partial charge on any atom is 0.244 e. The first kappa shape index (κ1) is 12.0. The zero-order chi connectivity index (χ0) is 13.0. The SMILES string of the molecule is Cc1ccccc1NC(=O)Cn1ccnc1C=O. The zero-order valence-corrected chi connectivity index (χ0v) is 9.96. The Morgan fingerprint density at radius 3 is 2.94 bits per heavy atom. The molecule has 0 aliphatic rings. The van der Waals surface area contributed by atoms with Gasteiger partial charge in [-0.25, -0.2) is 4.98 Å². The molecule has 0 fully saturated rings. The van der Waals surface area contributed by atoms with E-state index in [9.17, 15) is 9.59 Å². The van der Waals surface area contributed by atoms with Crippen LogP contribution in [0.5, 0.6) is 0 Å². The van der Waals surface area contributed by atoms with Crippen molar-refractivity contribution in [1.82, 2.24) is 9.55 Å². The molecule has 0 aliphatic carbocycles. The second-order valence-electron chi connectivity index (χ2n) is 3.89. The fraction of sp³-hybridized carbons (Fsp3) is 0.154. The first-order valence-electron chi connectivity index (χ1n) is 5.52. The first-order chi connectivity index (χ1) is 8.70. The van der Waals surface area contributed by atoms with E-state index in [-0.39, 0.29) is 18.3 Å². The smallest absolute Gasteiger partial charge is 0.244 e. The summed E-state index contributed by atoms with van der Waals surface area (Å²) in [6.07, 6.45) is 3.72. The molecule has 0 saturated carbocycles. The van der Waals surface area contributed by atoms with Gasteiger partial charge in [0.05, 0.1) is 0 Å². The number of benzene rings is 1. The lowest BCUT2D eigenvalue weighted by atomic mass is 10.2. The van der Waals surface area contributed by atoms with Gasteiger partial charge in [-0.05, 0) is 18.6 Å². The van der Waals surface area contributed by atoms with Gasteiger partial charge in [-0.3, -0.25) is 9.59 Å². The van der Waals surface area contributed by atoms with E-state index in [1.54, 1.807) is 6.20 Å². The van der Waals surface area contributed by atoms with Crippen LogP contribution in [0.25, 0.3) is 0 Å². The lowest BCUT2D eigenvalue weighted by Crippen LogP contribution is -2.20. The normalized spacial score (nSPS) is 10.1. The molecule has 1 N–H and O–H groups in total. The van der Waals surface area contributed by atoms with E-state index in [4.69, 9.17) is 0 Å². The highest BCUT2D eigenvalue weighted by molar-refractivity contribution is 5.91. The molecule has 18 heavy (non-hydrogen) atoms. The number of hydrogen-bond donors (Lipinski definition) is 1. The molecule has 0 bridgehead atoms. The standard InChI is InChI=1S/C13H13N3O2/c1-10-4-2-3-5-11(10)15-13(18)8-16-7-6-14-12(16)9-17/h2-7,9H,8H2,1H3,(H,15,18). The van der Waals surface area contributed by atoms with Gasteiger partial charge in [-0.1, -0.05) is 18.2 Å². The van der Waals surface area contributed by atoms with Crippen molar-refractivity contribution in [3.05, 3.63) is 48.0 Å². The monoisotopic (exact) mass is 243 g/mol. The van der Waals surface area contributed by atoms with Gasteiger partial charge in [0.25, 0.3) is 0 Å². The van der Waals surface area contributed by atoms with Gasteiger partial charge in [0, 0.05) is 18.1 Å². The van der Waals surface area contributed by atoms with Gasteiger partial charge < -0.3 is 9.88 Å². The molecular weight excluding hydrogens is 230 g/mol. The lowest BCUT2D eigenvalue weighted by molar-refractivity contribution is -0.116. The Bertz CT molecular complexity index is 575. The zero-order valence-electron chi connectivity index (χ0n) is 9.96. The number of nitrogens with zero attached hydrogens (tertiary/aromatic N) is 2. The van der Waals surface area contributed by atoms with Crippen molar-refractivity contribution in [2.75, 3.05) is 5.32 Å². The third kappa shape index (κ3) is 2.63. The molecule has 2 rings (SSSR count). The number of anilines is 1. The number of nitrogens with one attached hydrogen (secondary N) is 1. The van der Waals surface area contributed by atoms with E-state index in [0.717, 1.165) is 11.3 Å². The summed E-state index contributed by atoms with van der Waals surface area (Å²) < 4.78 is 1.50. The maximum atomic E-state index is 11.8. The molecule has 0 saturated heterocycles. The van der Waals surface area contributed by atoms with Crippen LogP contribution in [0.4, 0.5) is 5.69 Å². The molecular formula is C13H13N3O2. The van der Waals surface area contributed by atoms with Crippen LogP contribution < -0.4 is 5.32 Å². The molecule has 1 aromatic heterocycles. The van der Waals surface area contributed by atoms with E-state index >= 15 is 0 Å². The predicted octanol–water partition coefficient (Wildman–Crippen LogP) is 1.64. The van der Waals surface area contributed by atoms with E-state index in [1.807, 2.05) is 31.2 Å². The van der Waals surface area contributed by atoms with Gasteiger partial charge in [-0.15, -0.1) is 0 Å². The predicted molar refractivity (Wildman–Crippen MR) is 67.4 cm³/mol. The Balaban J connectivity index is 2.06. The van der Waals surface area contributed by atoms with Crippen molar-refractivity contribution in [2.45, 2.75) is 13.5 Å². The molecule has 5 heteroatoms. The summed E-state index contributed by atoms with van der Waals surface area (Å²) in [5.41, 5.74) is 1.77. The molecule has 0 atom stereocenters. The second-order valence-corrected chi connectivity index (χ2v) is 3.89. The fourth-order valence-electron chi connectivity index (χ4n) is 1.63. The Morgan fingerprint density at radius 1 is 1.44 bits per heavy atom. The quantitative estimate of drug-likeness (QED) is 0.830. The average molecular weight is 243 g/mol. The molecule has 5 nitrogen and oxygen atoms in total. The molecule has 0 aliphatic heterocycles. The summed E-state index contributed by atoms with van der Waals surface area (Å²) in [4.78, 5) is 26.3. The van der Waals surface area contributed by atoms with E-state index in [2.05, 4.69) is 10.3 Å². The molecule has 1 heterocycles. The van der Waals surface area contributed by atoms with Crippen molar-refractivity contribution in [3.8, 4) is 0 Å². The highest BCUT2D eigenvalue weighted by Gasteiger charge is 2.08. The minimum absolute atomic E-state index is 0.0718. The summed E-state index contributed by atoms with van der Waals surface area (Å²) in [6.45, 7) is 1.99. The molecule has 1 aromatic carbocycles. The fourth-order valence-corrected chi connectivity index (χ4v) is 1.63. The molecule has 1 amide bonds. The van der Waals surface area contributed by atoms with Crippen molar-refractivity contribution < 1.29 is 9.59 Å². The van der Waals surface area contributed by atoms with Gasteiger partial charge in [0.2, 0.25) is 5.91 Å². The van der Waals surface area contributed by atoms with Crippen molar-refractivity contribution in [1.29, 1.82) is 0 Å². The van der Waals surface area contributed by atoms with Crippen molar-refractivity contribution in [2.24, 2.45) is 0 Å². The molecule has 92 valence electrons. The maximum absolute atomic E-state index is 11.8. The highest BCUT2D eigenvalue weighted by atomic mass is 16.2. The number of aldehydes is 1. The summed E-state index contributed by atoms with van der Waals surface area (Å²) in [6, 6.07) is 7.52. The molecule has 0 radical (unpaired) electrons. The van der Waals surface area contributed by atoms with Crippen LogP contribution in [0.15, 0.2) is 36.7 Å². The summed E-state index contributed by atoms with van der Waals surface area (Å²) in [5.74, 6) is 0.0559. The van der Waals surface area contributed by atoms with Crippen molar-refractivity contribution >= 4 is 17.9 Å². The third-order valence-corrected chi connectivity index (χ3v) is 2.59. The molecule has 0 spiro atoms. The summed E-state index contributed by atoms with van der Waals surface area (Å²) >= 11 is 0. The highest BCUT2D eigenvalue weighted by Crippen LogP contribution is 2.13. The Morgan fingerprint density at radius 2 is 2.22 bits per heavy atom. The van der Waals surface area contributed by atoms with Crippen LogP contribution in [0.3, 0.4) is 0 Å². The van der Waals surface area contributed by atoms with Crippen LogP contribution in [0.2, 0.25) is 0 Å². The Hall–Kier alpha value is -2.43. The number of amides is 1. The number of carbonyl (C=O) groups excluding carboxylic acids is 2. The average Bonchev–Trinajstić information content (AvgIpc) is 2.79. The minimum atomic E-state index is -0.189. The van der Waals surface area contributed by atoms with Crippen molar-refractivity contribution in [3.63, 3.8) is 0 Å². The van der Waals surface area contributed by atoms with Crippen LogP contribution in [0.1, 0.15) is 16.2 Å². The van der Waals surface area contributed by atoms with Crippen LogP contribution in [-0.2, 0) is 11.3 Å². The Kier molecular flexibility index (Phi) is 3.52. The summed E-state index contributed by atoms with van der Waals surface area (Å²) in [5, 5.41) is 2.80. The number of imidazole rings is 1. The van der Waals surface area contributed by atoms with Crippen LogP contribution in [0, 0.1) is 6.92 Å². The number of carbonyl (C=O) groups is 2. The van der Waals surface area contributed by atoms with E-state index in [1.165, 1.54) is 10.8 Å². The minimum Gasteiger partial charge on any atom is -0.324 e. The number of hydrogen-bond acceptors (Lipinski definition) is 3. The van der Waals surface area contributed by atoms with Gasteiger partial charge in [0.1, 0.15) is 6.54 Å². The molecule has 2 aromatic rings. The van der Waals surface area contributed by atoms with Gasteiger partial charge >= 0.3 is 0 Å².